The number of thiazole rings is 1. The lowest BCUT2D eigenvalue weighted by Crippen LogP contribution is -2.14. The zero-order valence-electron chi connectivity index (χ0n) is 15.6. The van der Waals surface area contributed by atoms with E-state index in [4.69, 9.17) is 0 Å². The molecule has 1 amide bonds. The van der Waals surface area contributed by atoms with Gasteiger partial charge in [0.2, 0.25) is 5.91 Å². The number of thioether (sulfide) groups is 1. The molecule has 0 aliphatic heterocycles. The fourth-order valence-corrected chi connectivity index (χ4v) is 4.10. The van der Waals surface area contributed by atoms with Gasteiger partial charge < -0.3 is 10.1 Å². The van der Waals surface area contributed by atoms with Gasteiger partial charge in [0.1, 0.15) is 5.01 Å². The van der Waals surface area contributed by atoms with Crippen LogP contribution in [-0.2, 0) is 15.3 Å². The van der Waals surface area contributed by atoms with Crippen molar-refractivity contribution in [2.24, 2.45) is 0 Å². The minimum Gasteiger partial charge on any atom is -0.465 e. The molecule has 2 aromatic carbocycles. The van der Waals surface area contributed by atoms with Gasteiger partial charge in [0.15, 0.2) is 0 Å². The average Bonchev–Trinajstić information content (AvgIpc) is 3.17. The second-order valence-electron chi connectivity index (χ2n) is 6.12. The van der Waals surface area contributed by atoms with Crippen molar-refractivity contribution in [1.82, 2.24) is 4.98 Å². The molecule has 7 heteroatoms. The summed E-state index contributed by atoms with van der Waals surface area (Å²) in [6.45, 7) is 2.06. The predicted molar refractivity (Wildman–Crippen MR) is 115 cm³/mol. The van der Waals surface area contributed by atoms with Crippen LogP contribution >= 0.6 is 23.1 Å². The van der Waals surface area contributed by atoms with Crippen LogP contribution in [0.3, 0.4) is 0 Å². The molecule has 0 unspecified atom stereocenters. The van der Waals surface area contributed by atoms with E-state index in [1.54, 1.807) is 35.6 Å². The van der Waals surface area contributed by atoms with Crippen LogP contribution in [0.4, 0.5) is 5.69 Å². The van der Waals surface area contributed by atoms with Gasteiger partial charge >= 0.3 is 5.97 Å². The number of anilines is 1. The Morgan fingerprint density at radius 3 is 2.50 bits per heavy atom. The van der Waals surface area contributed by atoms with E-state index < -0.39 is 5.97 Å². The van der Waals surface area contributed by atoms with E-state index in [1.165, 1.54) is 24.4 Å². The summed E-state index contributed by atoms with van der Waals surface area (Å²) in [5.74, 6) is 0.513. The number of nitrogens with zero attached hydrogens (tertiary/aromatic N) is 1. The van der Waals surface area contributed by atoms with Crippen molar-refractivity contribution in [3.8, 4) is 10.6 Å². The molecule has 3 rings (SSSR count). The van der Waals surface area contributed by atoms with E-state index in [2.05, 4.69) is 46.2 Å². The Morgan fingerprint density at radius 1 is 1.11 bits per heavy atom. The number of nitrogens with one attached hydrogen (secondary N) is 1. The van der Waals surface area contributed by atoms with E-state index in [1.807, 2.05) is 5.38 Å². The highest BCUT2D eigenvalue weighted by Crippen LogP contribution is 2.25. The molecule has 0 spiro atoms. The number of aromatic nitrogens is 1. The Bertz CT molecular complexity index is 951. The number of methoxy groups -OCH3 is 1. The van der Waals surface area contributed by atoms with Crippen LogP contribution in [-0.4, -0.2) is 29.7 Å². The van der Waals surface area contributed by atoms with Crippen molar-refractivity contribution in [3.05, 3.63) is 70.7 Å². The largest absolute Gasteiger partial charge is 0.465 e. The monoisotopic (exact) mass is 412 g/mol. The first-order chi connectivity index (χ1) is 13.5. The topological polar surface area (TPSA) is 68.3 Å². The molecule has 0 bridgehead atoms. The molecule has 28 heavy (non-hydrogen) atoms. The lowest BCUT2D eigenvalue weighted by molar-refractivity contribution is -0.113. The first kappa shape index (κ1) is 20.1. The van der Waals surface area contributed by atoms with Gasteiger partial charge in [0.25, 0.3) is 0 Å². The number of benzene rings is 2. The van der Waals surface area contributed by atoms with Crippen molar-refractivity contribution in [2.45, 2.75) is 12.7 Å². The van der Waals surface area contributed by atoms with Gasteiger partial charge in [-0.15, -0.1) is 23.1 Å². The number of carbonyl (C=O) groups is 2. The van der Waals surface area contributed by atoms with Gasteiger partial charge in [-0.25, -0.2) is 9.78 Å². The number of carbonyl (C=O) groups excluding carboxylic acids is 2. The molecule has 0 atom stereocenters. The molecule has 0 aliphatic rings. The summed E-state index contributed by atoms with van der Waals surface area (Å²) in [5.41, 5.74) is 4.40. The SMILES string of the molecule is COC(=O)c1ccc(NC(=O)CSCc2csc(-c3ccc(C)cc3)n2)cc1. The van der Waals surface area contributed by atoms with E-state index in [0.717, 1.165) is 16.3 Å². The number of rotatable bonds is 7. The molecule has 0 saturated heterocycles. The summed E-state index contributed by atoms with van der Waals surface area (Å²) in [4.78, 5) is 28.2. The molecule has 3 aromatic rings. The second-order valence-corrected chi connectivity index (χ2v) is 7.96. The molecule has 0 saturated carbocycles. The second kappa shape index (κ2) is 9.52. The van der Waals surface area contributed by atoms with Crippen molar-refractivity contribution in [2.75, 3.05) is 18.2 Å². The fourth-order valence-electron chi connectivity index (χ4n) is 2.45. The van der Waals surface area contributed by atoms with Gasteiger partial charge in [-0.3, -0.25) is 4.79 Å². The van der Waals surface area contributed by atoms with Crippen LogP contribution in [0, 0.1) is 6.92 Å². The summed E-state index contributed by atoms with van der Waals surface area (Å²) in [7, 11) is 1.33. The van der Waals surface area contributed by atoms with E-state index in [-0.39, 0.29) is 5.91 Å². The maximum Gasteiger partial charge on any atom is 0.337 e. The van der Waals surface area contributed by atoms with Gasteiger partial charge in [-0.2, -0.15) is 0 Å². The van der Waals surface area contributed by atoms with Crippen molar-refractivity contribution >= 4 is 40.7 Å². The summed E-state index contributed by atoms with van der Waals surface area (Å²) < 4.78 is 4.65. The minimum absolute atomic E-state index is 0.0928. The molecular formula is C21H20N2O3S2. The van der Waals surface area contributed by atoms with Gasteiger partial charge in [-0.05, 0) is 31.2 Å². The van der Waals surface area contributed by atoms with Crippen LogP contribution in [0.15, 0.2) is 53.9 Å². The van der Waals surface area contributed by atoms with Crippen LogP contribution in [0.2, 0.25) is 0 Å². The van der Waals surface area contributed by atoms with Crippen LogP contribution in [0.1, 0.15) is 21.6 Å². The Hall–Kier alpha value is -2.64. The first-order valence-corrected chi connectivity index (χ1v) is 10.7. The predicted octanol–water partition coefficient (Wildman–Crippen LogP) is 4.78. The zero-order valence-corrected chi connectivity index (χ0v) is 17.2. The summed E-state index contributed by atoms with van der Waals surface area (Å²) in [5, 5.41) is 5.84. The normalized spacial score (nSPS) is 10.5. The Balaban J connectivity index is 1.46. The van der Waals surface area contributed by atoms with Gasteiger partial charge in [0.05, 0.1) is 24.1 Å². The van der Waals surface area contributed by atoms with E-state index >= 15 is 0 Å². The number of ether oxygens (including phenoxy) is 1. The molecule has 1 N–H and O–H groups in total. The van der Waals surface area contributed by atoms with Gasteiger partial charge in [-0.1, -0.05) is 29.8 Å². The molecular weight excluding hydrogens is 392 g/mol. The molecule has 0 fully saturated rings. The van der Waals surface area contributed by atoms with Crippen LogP contribution < -0.4 is 5.32 Å². The quantitative estimate of drug-likeness (QED) is 0.566. The standard InChI is InChI=1S/C21H20N2O3S2/c1-14-3-5-15(6-4-14)20-23-18(12-28-20)11-27-13-19(24)22-17-9-7-16(8-10-17)21(25)26-2/h3-10,12H,11,13H2,1-2H3,(H,22,24). The first-order valence-electron chi connectivity index (χ1n) is 8.62. The Labute approximate surface area is 172 Å². The third kappa shape index (κ3) is 5.43. The fraction of sp³-hybridized carbons (Fsp3) is 0.190. The van der Waals surface area contributed by atoms with Crippen LogP contribution in [0.5, 0.6) is 0 Å². The van der Waals surface area contributed by atoms with E-state index in [0.29, 0.717) is 22.8 Å². The summed E-state index contributed by atoms with van der Waals surface area (Å²) >= 11 is 3.13. The molecule has 1 heterocycles. The lowest BCUT2D eigenvalue weighted by atomic mass is 10.2. The number of hydrogen-bond donors (Lipinski definition) is 1. The van der Waals surface area contributed by atoms with Crippen LogP contribution in [0.25, 0.3) is 10.6 Å². The van der Waals surface area contributed by atoms with Crippen molar-refractivity contribution < 1.29 is 14.3 Å². The third-order valence-corrected chi connectivity index (χ3v) is 5.83. The highest BCUT2D eigenvalue weighted by Gasteiger charge is 2.08. The third-order valence-electron chi connectivity index (χ3n) is 3.92. The number of aryl methyl sites for hydroxylation is 1. The number of esters is 1. The van der Waals surface area contributed by atoms with Crippen molar-refractivity contribution in [3.63, 3.8) is 0 Å². The molecule has 144 valence electrons. The Morgan fingerprint density at radius 2 is 1.82 bits per heavy atom. The van der Waals surface area contributed by atoms with Gasteiger partial charge in [0, 0.05) is 22.4 Å². The Kier molecular flexibility index (Phi) is 6.84. The molecule has 0 radical (unpaired) electrons. The highest BCUT2D eigenvalue weighted by atomic mass is 32.2. The lowest BCUT2D eigenvalue weighted by Gasteiger charge is -2.05. The highest BCUT2D eigenvalue weighted by molar-refractivity contribution is 7.99. The summed E-state index contributed by atoms with van der Waals surface area (Å²) in [6.07, 6.45) is 0. The number of hydrogen-bond acceptors (Lipinski definition) is 6. The molecule has 1 aromatic heterocycles. The maximum atomic E-state index is 12.1. The zero-order chi connectivity index (χ0) is 19.9. The average molecular weight is 413 g/mol. The molecule has 0 aliphatic carbocycles. The number of amides is 1. The van der Waals surface area contributed by atoms with Crippen molar-refractivity contribution in [1.29, 1.82) is 0 Å². The maximum absolute atomic E-state index is 12.1. The minimum atomic E-state index is -0.401. The van der Waals surface area contributed by atoms with E-state index in [9.17, 15) is 9.59 Å². The summed E-state index contributed by atoms with van der Waals surface area (Å²) in [6, 6.07) is 14.9. The smallest absolute Gasteiger partial charge is 0.337 e. The molecule has 5 nitrogen and oxygen atoms in total.